The zero-order valence-corrected chi connectivity index (χ0v) is 14.2. The van der Waals surface area contributed by atoms with Gasteiger partial charge in [0, 0.05) is 24.6 Å². The van der Waals surface area contributed by atoms with Crippen molar-refractivity contribution < 1.29 is 13.9 Å². The number of morpholine rings is 1. The molecular weight excluding hydrogens is 319 g/mol. The van der Waals surface area contributed by atoms with Crippen molar-refractivity contribution in [1.82, 2.24) is 4.98 Å². The Labute approximate surface area is 147 Å². The maximum atomic E-state index is 13.6. The Bertz CT molecular complexity index is 697. The van der Waals surface area contributed by atoms with Crippen molar-refractivity contribution in [3.05, 3.63) is 60.2 Å². The summed E-state index contributed by atoms with van der Waals surface area (Å²) in [6.45, 7) is 2.86. The number of fused-ring (bicyclic) bond motifs is 1. The van der Waals surface area contributed by atoms with Crippen LogP contribution in [0.25, 0.3) is 0 Å². The van der Waals surface area contributed by atoms with Crippen LogP contribution in [0.1, 0.15) is 18.4 Å². The molecule has 0 spiro atoms. The van der Waals surface area contributed by atoms with E-state index in [1.807, 2.05) is 18.2 Å². The minimum Gasteiger partial charge on any atom is -0.376 e. The fraction of sp³-hybridized carbons (Fsp3) is 0.450. The van der Waals surface area contributed by atoms with Crippen LogP contribution in [0.2, 0.25) is 0 Å². The van der Waals surface area contributed by atoms with Gasteiger partial charge in [0.2, 0.25) is 0 Å². The molecule has 0 radical (unpaired) electrons. The zero-order valence-electron chi connectivity index (χ0n) is 14.2. The number of anilines is 1. The van der Waals surface area contributed by atoms with Crippen LogP contribution in [0.3, 0.4) is 0 Å². The van der Waals surface area contributed by atoms with E-state index in [-0.39, 0.29) is 11.9 Å². The van der Waals surface area contributed by atoms with Gasteiger partial charge in [-0.15, -0.1) is 0 Å². The van der Waals surface area contributed by atoms with Crippen molar-refractivity contribution >= 4 is 5.69 Å². The van der Waals surface area contributed by atoms with Crippen LogP contribution in [-0.2, 0) is 16.1 Å². The third-order valence-corrected chi connectivity index (χ3v) is 5.15. The summed E-state index contributed by atoms with van der Waals surface area (Å²) in [5, 5.41) is 0. The average molecular weight is 342 g/mol. The Morgan fingerprint density at radius 3 is 2.92 bits per heavy atom. The zero-order chi connectivity index (χ0) is 17.1. The van der Waals surface area contributed by atoms with Gasteiger partial charge in [0.1, 0.15) is 5.82 Å². The topological polar surface area (TPSA) is 34.6 Å². The first-order chi connectivity index (χ1) is 12.3. The molecular formula is C20H23FN2O2. The summed E-state index contributed by atoms with van der Waals surface area (Å²) in [5.74, 6) is 0.293. The van der Waals surface area contributed by atoms with E-state index in [1.165, 1.54) is 6.07 Å². The molecule has 2 fully saturated rings. The summed E-state index contributed by atoms with van der Waals surface area (Å²) in [7, 11) is 0. The highest BCUT2D eigenvalue weighted by atomic mass is 19.1. The monoisotopic (exact) mass is 342 g/mol. The van der Waals surface area contributed by atoms with Gasteiger partial charge in [0.15, 0.2) is 0 Å². The molecule has 25 heavy (non-hydrogen) atoms. The van der Waals surface area contributed by atoms with Crippen molar-refractivity contribution in [1.29, 1.82) is 0 Å². The number of nitrogens with zero attached hydrogens (tertiary/aromatic N) is 2. The number of aromatic nitrogens is 1. The standard InChI is InChI=1S/C20H23FN2O2/c21-17-2-1-3-18(12-17)23-8-9-25-20-11-16(10-19(20)23)14-24-13-15-4-6-22-7-5-15/h1-7,12,16,19-20H,8-11,13-14H2. The molecule has 132 valence electrons. The lowest BCUT2D eigenvalue weighted by atomic mass is 10.1. The lowest BCUT2D eigenvalue weighted by molar-refractivity contribution is 0.0205. The van der Waals surface area contributed by atoms with Gasteiger partial charge < -0.3 is 14.4 Å². The van der Waals surface area contributed by atoms with Crippen LogP contribution in [0.5, 0.6) is 0 Å². The Morgan fingerprint density at radius 2 is 2.08 bits per heavy atom. The number of rotatable bonds is 5. The lowest BCUT2D eigenvalue weighted by Crippen LogP contribution is -2.48. The highest BCUT2D eigenvalue weighted by Gasteiger charge is 2.41. The summed E-state index contributed by atoms with van der Waals surface area (Å²) in [4.78, 5) is 6.32. The molecule has 2 heterocycles. The van der Waals surface area contributed by atoms with Gasteiger partial charge in [0.05, 0.1) is 32.0 Å². The second-order valence-electron chi connectivity index (χ2n) is 6.86. The second kappa shape index (κ2) is 7.50. The molecule has 5 heteroatoms. The molecule has 1 saturated heterocycles. The molecule has 4 nitrogen and oxygen atoms in total. The molecule has 1 aromatic carbocycles. The number of halogens is 1. The molecule has 1 saturated carbocycles. The molecule has 0 amide bonds. The van der Waals surface area contributed by atoms with Gasteiger partial charge in [-0.05, 0) is 54.7 Å². The van der Waals surface area contributed by atoms with E-state index in [9.17, 15) is 4.39 Å². The van der Waals surface area contributed by atoms with Crippen LogP contribution < -0.4 is 4.90 Å². The van der Waals surface area contributed by atoms with Gasteiger partial charge >= 0.3 is 0 Å². The van der Waals surface area contributed by atoms with Crippen molar-refractivity contribution in [2.45, 2.75) is 31.6 Å². The number of hydrogen-bond acceptors (Lipinski definition) is 4. The normalized spacial score (nSPS) is 25.8. The first-order valence-corrected chi connectivity index (χ1v) is 8.90. The summed E-state index contributed by atoms with van der Waals surface area (Å²) >= 11 is 0. The minimum atomic E-state index is -0.184. The van der Waals surface area contributed by atoms with E-state index in [1.54, 1.807) is 24.5 Å². The summed E-state index contributed by atoms with van der Waals surface area (Å²) in [6.07, 6.45) is 5.82. The van der Waals surface area contributed by atoms with Crippen LogP contribution in [0, 0.1) is 11.7 Å². The Kier molecular flexibility index (Phi) is 4.95. The molecule has 0 N–H and O–H groups in total. The third-order valence-electron chi connectivity index (χ3n) is 5.15. The second-order valence-corrected chi connectivity index (χ2v) is 6.86. The van der Waals surface area contributed by atoms with E-state index in [0.29, 0.717) is 25.2 Å². The number of benzene rings is 1. The summed E-state index contributed by atoms with van der Waals surface area (Å²) in [5.41, 5.74) is 2.10. The number of hydrogen-bond donors (Lipinski definition) is 0. The molecule has 1 aliphatic carbocycles. The van der Waals surface area contributed by atoms with Crippen molar-refractivity contribution in [3.63, 3.8) is 0 Å². The van der Waals surface area contributed by atoms with E-state index < -0.39 is 0 Å². The highest BCUT2D eigenvalue weighted by Crippen LogP contribution is 2.37. The molecule has 3 atom stereocenters. The van der Waals surface area contributed by atoms with Gasteiger partial charge in [-0.1, -0.05) is 6.07 Å². The third kappa shape index (κ3) is 3.83. The first kappa shape index (κ1) is 16.5. The molecule has 1 aliphatic heterocycles. The smallest absolute Gasteiger partial charge is 0.125 e. The number of ether oxygens (including phenoxy) is 2. The van der Waals surface area contributed by atoms with Crippen LogP contribution in [0.15, 0.2) is 48.8 Å². The molecule has 0 bridgehead atoms. The lowest BCUT2D eigenvalue weighted by Gasteiger charge is -2.39. The highest BCUT2D eigenvalue weighted by molar-refractivity contribution is 5.48. The predicted molar refractivity (Wildman–Crippen MR) is 93.9 cm³/mol. The minimum absolute atomic E-state index is 0.184. The van der Waals surface area contributed by atoms with E-state index in [4.69, 9.17) is 9.47 Å². The summed E-state index contributed by atoms with van der Waals surface area (Å²) in [6, 6.07) is 11.1. The van der Waals surface area contributed by atoms with Crippen molar-refractivity contribution in [3.8, 4) is 0 Å². The van der Waals surface area contributed by atoms with E-state index in [2.05, 4.69) is 9.88 Å². The average Bonchev–Trinajstić information content (AvgIpc) is 3.05. The largest absolute Gasteiger partial charge is 0.376 e. The first-order valence-electron chi connectivity index (χ1n) is 8.90. The van der Waals surface area contributed by atoms with Crippen molar-refractivity contribution in [2.24, 2.45) is 5.92 Å². The Morgan fingerprint density at radius 1 is 1.20 bits per heavy atom. The van der Waals surface area contributed by atoms with E-state index >= 15 is 0 Å². The van der Waals surface area contributed by atoms with Crippen LogP contribution >= 0.6 is 0 Å². The molecule has 1 aromatic heterocycles. The molecule has 2 aromatic rings. The Balaban J connectivity index is 1.36. The van der Waals surface area contributed by atoms with Gasteiger partial charge in [0.25, 0.3) is 0 Å². The van der Waals surface area contributed by atoms with E-state index in [0.717, 1.165) is 37.2 Å². The number of pyridine rings is 1. The maximum absolute atomic E-state index is 13.6. The van der Waals surface area contributed by atoms with Gasteiger partial charge in [-0.3, -0.25) is 4.98 Å². The van der Waals surface area contributed by atoms with Gasteiger partial charge in [-0.2, -0.15) is 0 Å². The fourth-order valence-corrected chi connectivity index (χ4v) is 3.98. The molecule has 4 rings (SSSR count). The fourth-order valence-electron chi connectivity index (χ4n) is 3.98. The quantitative estimate of drug-likeness (QED) is 0.834. The van der Waals surface area contributed by atoms with Gasteiger partial charge in [-0.25, -0.2) is 4.39 Å². The van der Waals surface area contributed by atoms with Crippen LogP contribution in [0.4, 0.5) is 10.1 Å². The maximum Gasteiger partial charge on any atom is 0.125 e. The molecule has 2 aliphatic rings. The predicted octanol–water partition coefficient (Wildman–Crippen LogP) is 3.42. The Hall–Kier alpha value is -1.98. The summed E-state index contributed by atoms with van der Waals surface area (Å²) < 4.78 is 25.5. The molecule has 3 unspecified atom stereocenters. The van der Waals surface area contributed by atoms with Crippen LogP contribution in [-0.4, -0.2) is 36.9 Å². The van der Waals surface area contributed by atoms with Crippen molar-refractivity contribution in [2.75, 3.05) is 24.7 Å². The SMILES string of the molecule is Fc1cccc(N2CCOC3CC(COCc4ccncc4)CC32)c1.